The lowest BCUT2D eigenvalue weighted by molar-refractivity contribution is -0.129. The summed E-state index contributed by atoms with van der Waals surface area (Å²) >= 11 is 11.9. The topological polar surface area (TPSA) is 32.3 Å². The van der Waals surface area contributed by atoms with Gasteiger partial charge >= 0.3 is 0 Å². The molecule has 20 heavy (non-hydrogen) atoms. The zero-order valence-corrected chi connectivity index (χ0v) is 13.2. The highest BCUT2D eigenvalue weighted by Crippen LogP contribution is 2.23. The summed E-state index contributed by atoms with van der Waals surface area (Å²) in [5.41, 5.74) is 0.983. The highest BCUT2D eigenvalue weighted by Gasteiger charge is 2.16. The minimum atomic E-state index is 0.1000. The summed E-state index contributed by atoms with van der Waals surface area (Å²) in [6.07, 6.45) is 4.91. The van der Waals surface area contributed by atoms with Gasteiger partial charge in [-0.05, 0) is 30.5 Å². The molecule has 2 rings (SSSR count). The van der Waals surface area contributed by atoms with Gasteiger partial charge in [0.1, 0.15) is 0 Å². The van der Waals surface area contributed by atoms with Crippen molar-refractivity contribution >= 4 is 29.1 Å². The van der Waals surface area contributed by atoms with Crippen LogP contribution in [0.4, 0.5) is 0 Å². The van der Waals surface area contributed by atoms with Crippen molar-refractivity contribution < 1.29 is 4.79 Å². The summed E-state index contributed by atoms with van der Waals surface area (Å²) in [4.78, 5) is 13.8. The van der Waals surface area contributed by atoms with Gasteiger partial charge in [-0.15, -0.1) is 0 Å². The number of nitrogens with zero attached hydrogens (tertiary/aromatic N) is 1. The van der Waals surface area contributed by atoms with Crippen molar-refractivity contribution in [1.29, 1.82) is 0 Å². The second-order valence-electron chi connectivity index (χ2n) is 5.36. The molecule has 1 aromatic carbocycles. The molecule has 1 aliphatic carbocycles. The molecule has 0 aliphatic heterocycles. The summed E-state index contributed by atoms with van der Waals surface area (Å²) in [6, 6.07) is 5.96. The van der Waals surface area contributed by atoms with Crippen molar-refractivity contribution in [2.24, 2.45) is 0 Å². The van der Waals surface area contributed by atoms with Crippen LogP contribution in [-0.4, -0.2) is 30.4 Å². The third-order valence-corrected chi connectivity index (χ3v) is 4.47. The van der Waals surface area contributed by atoms with Crippen molar-refractivity contribution in [3.8, 4) is 0 Å². The Morgan fingerprint density at radius 3 is 2.65 bits per heavy atom. The van der Waals surface area contributed by atoms with Gasteiger partial charge in [0, 0.05) is 19.6 Å². The van der Waals surface area contributed by atoms with E-state index in [1.165, 1.54) is 25.7 Å². The van der Waals surface area contributed by atoms with E-state index in [1.54, 1.807) is 24.1 Å². The maximum absolute atomic E-state index is 12.1. The molecule has 1 aromatic rings. The first kappa shape index (κ1) is 15.6. The van der Waals surface area contributed by atoms with Crippen LogP contribution in [0.1, 0.15) is 31.2 Å². The molecule has 1 saturated carbocycles. The molecule has 1 fully saturated rings. The molecule has 0 heterocycles. The highest BCUT2D eigenvalue weighted by molar-refractivity contribution is 6.42. The number of carbonyl (C=O) groups excluding carboxylic acids is 1. The van der Waals surface area contributed by atoms with Gasteiger partial charge in [0.15, 0.2) is 0 Å². The van der Waals surface area contributed by atoms with Gasteiger partial charge < -0.3 is 10.2 Å². The third-order valence-electron chi connectivity index (χ3n) is 3.73. The Hall–Kier alpha value is -0.770. The fraction of sp³-hybridized carbons (Fsp3) is 0.533. The molecule has 1 amide bonds. The van der Waals surface area contributed by atoms with Crippen molar-refractivity contribution in [3.63, 3.8) is 0 Å². The number of benzene rings is 1. The third kappa shape index (κ3) is 4.37. The Bertz CT molecular complexity index is 473. The van der Waals surface area contributed by atoms with E-state index in [-0.39, 0.29) is 5.91 Å². The van der Waals surface area contributed by atoms with Gasteiger partial charge in [0.25, 0.3) is 0 Å². The van der Waals surface area contributed by atoms with E-state index in [2.05, 4.69) is 5.32 Å². The normalized spacial score (nSPS) is 15.6. The molecule has 1 aliphatic rings. The van der Waals surface area contributed by atoms with E-state index >= 15 is 0 Å². The number of likely N-dealkylation sites (N-methyl/N-ethyl adjacent to an activating group) is 1. The van der Waals surface area contributed by atoms with Gasteiger partial charge in [-0.25, -0.2) is 0 Å². The standard InChI is InChI=1S/C15H20Cl2N2O/c1-19(10-11-6-7-13(16)14(17)8-11)15(20)9-18-12-4-2-3-5-12/h6-8,12,18H,2-5,9-10H2,1H3. The van der Waals surface area contributed by atoms with E-state index in [4.69, 9.17) is 23.2 Å². The number of hydrogen-bond acceptors (Lipinski definition) is 2. The van der Waals surface area contributed by atoms with Crippen molar-refractivity contribution in [3.05, 3.63) is 33.8 Å². The van der Waals surface area contributed by atoms with Crippen LogP contribution in [0.15, 0.2) is 18.2 Å². The largest absolute Gasteiger partial charge is 0.340 e. The zero-order chi connectivity index (χ0) is 14.5. The zero-order valence-electron chi connectivity index (χ0n) is 11.7. The van der Waals surface area contributed by atoms with Crippen LogP contribution in [0.5, 0.6) is 0 Å². The van der Waals surface area contributed by atoms with Gasteiger partial charge in [-0.3, -0.25) is 4.79 Å². The van der Waals surface area contributed by atoms with Crippen molar-refractivity contribution in [2.45, 2.75) is 38.3 Å². The van der Waals surface area contributed by atoms with Crippen LogP contribution >= 0.6 is 23.2 Å². The van der Waals surface area contributed by atoms with Crippen LogP contribution in [0.25, 0.3) is 0 Å². The average Bonchev–Trinajstić information content (AvgIpc) is 2.93. The maximum atomic E-state index is 12.1. The van der Waals surface area contributed by atoms with E-state index in [1.807, 2.05) is 6.07 Å². The first-order chi connectivity index (χ1) is 9.56. The number of hydrogen-bond donors (Lipinski definition) is 1. The second-order valence-corrected chi connectivity index (χ2v) is 6.17. The number of halogens is 2. The minimum Gasteiger partial charge on any atom is -0.340 e. The van der Waals surface area contributed by atoms with E-state index in [0.717, 1.165) is 5.56 Å². The Morgan fingerprint density at radius 2 is 2.00 bits per heavy atom. The Labute approximate surface area is 130 Å². The number of carbonyl (C=O) groups is 1. The van der Waals surface area contributed by atoms with E-state index in [0.29, 0.717) is 29.2 Å². The monoisotopic (exact) mass is 314 g/mol. The summed E-state index contributed by atoms with van der Waals surface area (Å²) in [6.45, 7) is 0.949. The molecular weight excluding hydrogens is 295 g/mol. The molecule has 5 heteroatoms. The van der Waals surface area contributed by atoms with Crippen molar-refractivity contribution in [2.75, 3.05) is 13.6 Å². The lowest BCUT2D eigenvalue weighted by atomic mass is 10.2. The first-order valence-electron chi connectivity index (χ1n) is 6.97. The summed E-state index contributed by atoms with van der Waals surface area (Å²) in [5, 5.41) is 4.39. The van der Waals surface area contributed by atoms with Crippen LogP contribution in [0.2, 0.25) is 10.0 Å². The minimum absolute atomic E-state index is 0.1000. The molecule has 0 atom stereocenters. The predicted molar refractivity (Wildman–Crippen MR) is 83.2 cm³/mol. The number of nitrogens with one attached hydrogen (secondary N) is 1. The molecule has 0 bridgehead atoms. The van der Waals surface area contributed by atoms with Gasteiger partial charge in [0.05, 0.1) is 16.6 Å². The van der Waals surface area contributed by atoms with Crippen molar-refractivity contribution in [1.82, 2.24) is 10.2 Å². The SMILES string of the molecule is CN(Cc1ccc(Cl)c(Cl)c1)C(=O)CNC1CCCC1. The van der Waals surface area contributed by atoms with Crippen LogP contribution in [0.3, 0.4) is 0 Å². The van der Waals surface area contributed by atoms with Crippen LogP contribution < -0.4 is 5.32 Å². The quantitative estimate of drug-likeness (QED) is 0.902. The number of amides is 1. The Balaban J connectivity index is 1.81. The lowest BCUT2D eigenvalue weighted by Crippen LogP contribution is -2.38. The first-order valence-corrected chi connectivity index (χ1v) is 7.73. The van der Waals surface area contributed by atoms with E-state index < -0.39 is 0 Å². The van der Waals surface area contributed by atoms with Gasteiger partial charge in [0.2, 0.25) is 5.91 Å². The molecule has 0 aromatic heterocycles. The Kier molecular flexibility index (Phi) is 5.70. The molecular formula is C15H20Cl2N2O. The molecule has 0 spiro atoms. The highest BCUT2D eigenvalue weighted by atomic mass is 35.5. The summed E-state index contributed by atoms with van der Waals surface area (Å²) < 4.78 is 0. The second kappa shape index (κ2) is 7.30. The molecule has 1 N–H and O–H groups in total. The molecule has 0 unspecified atom stereocenters. The fourth-order valence-corrected chi connectivity index (χ4v) is 2.82. The van der Waals surface area contributed by atoms with Gasteiger partial charge in [-0.1, -0.05) is 42.1 Å². The maximum Gasteiger partial charge on any atom is 0.236 e. The van der Waals surface area contributed by atoms with E-state index in [9.17, 15) is 4.79 Å². The smallest absolute Gasteiger partial charge is 0.236 e. The lowest BCUT2D eigenvalue weighted by Gasteiger charge is -2.19. The van der Waals surface area contributed by atoms with Crippen LogP contribution in [-0.2, 0) is 11.3 Å². The molecule has 3 nitrogen and oxygen atoms in total. The summed E-state index contributed by atoms with van der Waals surface area (Å²) in [7, 11) is 1.81. The van der Waals surface area contributed by atoms with Gasteiger partial charge in [-0.2, -0.15) is 0 Å². The predicted octanol–water partition coefficient (Wildman–Crippen LogP) is 3.48. The molecule has 0 saturated heterocycles. The van der Waals surface area contributed by atoms with Crippen LogP contribution in [0, 0.1) is 0 Å². The fourth-order valence-electron chi connectivity index (χ4n) is 2.50. The summed E-state index contributed by atoms with van der Waals surface area (Å²) in [5.74, 6) is 0.1000. The average molecular weight is 315 g/mol. The number of rotatable bonds is 5. The Morgan fingerprint density at radius 1 is 1.30 bits per heavy atom. The molecule has 110 valence electrons. The molecule has 0 radical (unpaired) electrons.